The number of rotatable bonds is 3. The van der Waals surface area contributed by atoms with Crippen LogP contribution < -0.4 is 9.80 Å². The number of para-hydroxylation sites is 1. The Bertz CT molecular complexity index is 943. The van der Waals surface area contributed by atoms with Gasteiger partial charge in [0.25, 0.3) is 0 Å². The van der Waals surface area contributed by atoms with Crippen molar-refractivity contribution in [2.24, 2.45) is 5.92 Å². The molecule has 1 aromatic carbocycles. The smallest absolute Gasteiger partial charge is 0.475 e. The number of carboxylic acid groups (broad SMARTS) is 1. The molecule has 2 fully saturated rings. The molecule has 10 heteroatoms. The van der Waals surface area contributed by atoms with E-state index in [1.54, 1.807) is 18.0 Å². The highest BCUT2D eigenvalue weighted by molar-refractivity contribution is 5.73. The number of aliphatic carboxylic acids is 1. The minimum atomic E-state index is -5.08. The third-order valence-electron chi connectivity index (χ3n) is 6.65. The average Bonchev–Trinajstić information content (AvgIpc) is 3.42. The molecule has 33 heavy (non-hydrogen) atoms. The Morgan fingerprint density at radius 1 is 1.21 bits per heavy atom. The lowest BCUT2D eigenvalue weighted by molar-refractivity contribution is -0.192. The highest BCUT2D eigenvalue weighted by Gasteiger charge is 2.45. The fraction of sp³-hybridized carbons (Fsp3) is 0.522. The zero-order chi connectivity index (χ0) is 23.5. The molecule has 7 nitrogen and oxygen atoms in total. The largest absolute Gasteiger partial charge is 0.490 e. The number of nitrogens with zero attached hydrogens (tertiary/aromatic N) is 4. The normalized spacial score (nSPS) is 21.5. The van der Waals surface area contributed by atoms with E-state index in [1.165, 1.54) is 24.9 Å². The lowest BCUT2D eigenvalue weighted by Crippen LogP contribution is -2.46. The van der Waals surface area contributed by atoms with Crippen LogP contribution in [0.3, 0.4) is 0 Å². The molecule has 2 aromatic rings. The topological polar surface area (TPSA) is 78.8 Å². The van der Waals surface area contributed by atoms with Crippen molar-refractivity contribution >= 4 is 17.5 Å². The van der Waals surface area contributed by atoms with Gasteiger partial charge in [0, 0.05) is 62.2 Å². The first-order valence-electron chi connectivity index (χ1n) is 11.0. The summed E-state index contributed by atoms with van der Waals surface area (Å²) in [5.41, 5.74) is 3.29. The molecular weight excluding hydrogens is 437 g/mol. The quantitative estimate of drug-likeness (QED) is 0.745. The predicted octanol–water partition coefficient (Wildman–Crippen LogP) is 3.50. The molecule has 0 aliphatic carbocycles. The summed E-state index contributed by atoms with van der Waals surface area (Å²) in [6, 6.07) is 9.07. The van der Waals surface area contributed by atoms with Crippen molar-refractivity contribution in [2.75, 3.05) is 49.2 Å². The van der Waals surface area contributed by atoms with Crippen LogP contribution in [0.1, 0.15) is 24.8 Å². The number of hydrogen-bond donors (Lipinski definition) is 1. The summed E-state index contributed by atoms with van der Waals surface area (Å²) < 4.78 is 37.3. The number of carboxylic acids is 1. The van der Waals surface area contributed by atoms with Gasteiger partial charge in [-0.2, -0.15) is 13.2 Å². The van der Waals surface area contributed by atoms with E-state index in [4.69, 9.17) is 14.6 Å². The Hall–Kier alpha value is -2.88. The molecule has 3 aliphatic rings. The minimum absolute atomic E-state index is 0.286. The van der Waals surface area contributed by atoms with Crippen molar-refractivity contribution in [1.29, 1.82) is 0 Å². The Morgan fingerprint density at radius 2 is 1.94 bits per heavy atom. The van der Waals surface area contributed by atoms with Crippen LogP contribution in [0.4, 0.5) is 24.7 Å². The van der Waals surface area contributed by atoms with Crippen molar-refractivity contribution in [2.45, 2.75) is 30.9 Å². The van der Waals surface area contributed by atoms with Gasteiger partial charge in [-0.3, -0.25) is 4.98 Å². The summed E-state index contributed by atoms with van der Waals surface area (Å²) in [5.74, 6) is -1.07. The number of anilines is 2. The van der Waals surface area contributed by atoms with Crippen molar-refractivity contribution in [3.05, 3.63) is 48.4 Å². The molecule has 1 unspecified atom stereocenters. The number of fused-ring (bicyclic) bond motifs is 2. The van der Waals surface area contributed by atoms with Crippen LogP contribution in [0.25, 0.3) is 0 Å². The Balaban J connectivity index is 0.000000325. The van der Waals surface area contributed by atoms with Crippen LogP contribution in [0.15, 0.2) is 42.9 Å². The maximum atomic E-state index is 10.6. The Labute approximate surface area is 190 Å². The third-order valence-corrected chi connectivity index (χ3v) is 6.65. The molecule has 1 atom stereocenters. The van der Waals surface area contributed by atoms with Crippen molar-refractivity contribution < 1.29 is 27.8 Å². The van der Waals surface area contributed by atoms with Gasteiger partial charge in [0.2, 0.25) is 0 Å². The second-order valence-corrected chi connectivity index (χ2v) is 8.76. The first-order chi connectivity index (χ1) is 15.8. The van der Waals surface area contributed by atoms with Gasteiger partial charge in [-0.25, -0.2) is 9.78 Å². The van der Waals surface area contributed by atoms with Crippen molar-refractivity contribution in [1.82, 2.24) is 9.97 Å². The van der Waals surface area contributed by atoms with Crippen molar-refractivity contribution in [3.63, 3.8) is 0 Å². The number of alkyl halides is 3. The molecule has 0 saturated carbocycles. The summed E-state index contributed by atoms with van der Waals surface area (Å²) in [4.78, 5) is 22.6. The maximum absolute atomic E-state index is 10.6. The average molecular weight is 464 g/mol. The lowest BCUT2D eigenvalue weighted by atomic mass is 9.74. The molecule has 0 amide bonds. The van der Waals surface area contributed by atoms with E-state index in [9.17, 15) is 13.2 Å². The van der Waals surface area contributed by atoms with Gasteiger partial charge < -0.3 is 19.6 Å². The van der Waals surface area contributed by atoms with E-state index in [0.717, 1.165) is 45.2 Å². The number of benzene rings is 1. The summed E-state index contributed by atoms with van der Waals surface area (Å²) >= 11 is 0. The predicted molar refractivity (Wildman–Crippen MR) is 116 cm³/mol. The van der Waals surface area contributed by atoms with Crippen LogP contribution in [-0.4, -0.2) is 66.6 Å². The summed E-state index contributed by atoms with van der Waals surface area (Å²) in [5, 5.41) is 7.12. The van der Waals surface area contributed by atoms with E-state index in [-0.39, 0.29) is 5.41 Å². The summed E-state index contributed by atoms with van der Waals surface area (Å²) in [6.07, 6.45) is 3.89. The van der Waals surface area contributed by atoms with Gasteiger partial charge in [-0.05, 0) is 30.9 Å². The molecule has 1 N–H and O–H groups in total. The van der Waals surface area contributed by atoms with Crippen LogP contribution in [-0.2, 0) is 14.9 Å². The molecule has 0 radical (unpaired) electrons. The molecular formula is C23H27F3N4O3. The molecule has 4 heterocycles. The number of halogens is 3. The standard InChI is InChI=1S/C21H26N4O.C2HF3O2/c1-2-4-19-18(3-1)21(16-25(19)14-17-5-12-26-15-17)6-10-24(11-7-21)20-13-22-8-9-23-20;3-2(4,5)1(6)7/h1-4,8-9,13,17H,5-7,10-12,14-16H2;(H,6,7). The van der Waals surface area contributed by atoms with E-state index >= 15 is 0 Å². The molecule has 178 valence electrons. The molecule has 2 saturated heterocycles. The SMILES string of the molecule is O=C(O)C(F)(F)F.c1ccc2c(c1)N(CC1CCOC1)CC21CCN(c2cnccn2)CC1. The van der Waals surface area contributed by atoms with Gasteiger partial charge in [0.05, 0.1) is 12.8 Å². The fourth-order valence-corrected chi connectivity index (χ4v) is 4.98. The van der Waals surface area contributed by atoms with E-state index in [0.29, 0.717) is 5.92 Å². The first kappa shape index (κ1) is 23.3. The fourth-order valence-electron chi connectivity index (χ4n) is 4.98. The number of piperidine rings is 1. The highest BCUT2D eigenvalue weighted by atomic mass is 19.4. The molecule has 0 bridgehead atoms. The molecule has 1 spiro atoms. The van der Waals surface area contributed by atoms with E-state index < -0.39 is 12.1 Å². The van der Waals surface area contributed by atoms with E-state index in [2.05, 4.69) is 44.0 Å². The number of hydrogen-bond acceptors (Lipinski definition) is 6. The maximum Gasteiger partial charge on any atom is 0.490 e. The molecule has 5 rings (SSSR count). The second kappa shape index (κ2) is 9.54. The highest BCUT2D eigenvalue weighted by Crippen LogP contribution is 2.47. The summed E-state index contributed by atoms with van der Waals surface area (Å²) in [7, 11) is 0. The van der Waals surface area contributed by atoms with Crippen LogP contribution >= 0.6 is 0 Å². The second-order valence-electron chi connectivity index (χ2n) is 8.76. The third kappa shape index (κ3) is 5.21. The summed E-state index contributed by atoms with van der Waals surface area (Å²) in [6.45, 7) is 6.23. The number of aromatic nitrogens is 2. The van der Waals surface area contributed by atoms with Gasteiger partial charge in [-0.15, -0.1) is 0 Å². The lowest BCUT2D eigenvalue weighted by Gasteiger charge is -2.40. The Kier molecular flexibility index (Phi) is 6.73. The molecule has 1 aromatic heterocycles. The zero-order valence-corrected chi connectivity index (χ0v) is 18.2. The van der Waals surface area contributed by atoms with Crippen LogP contribution in [0.5, 0.6) is 0 Å². The van der Waals surface area contributed by atoms with Gasteiger partial charge in [0.1, 0.15) is 5.82 Å². The van der Waals surface area contributed by atoms with Gasteiger partial charge >= 0.3 is 12.1 Å². The first-order valence-corrected chi connectivity index (χ1v) is 11.0. The number of carbonyl (C=O) groups is 1. The zero-order valence-electron chi connectivity index (χ0n) is 18.2. The number of ether oxygens (including phenoxy) is 1. The van der Waals surface area contributed by atoms with Gasteiger partial charge in [0.15, 0.2) is 0 Å². The Morgan fingerprint density at radius 3 is 2.55 bits per heavy atom. The van der Waals surface area contributed by atoms with Crippen LogP contribution in [0.2, 0.25) is 0 Å². The minimum Gasteiger partial charge on any atom is -0.475 e. The molecule has 3 aliphatic heterocycles. The van der Waals surface area contributed by atoms with Crippen LogP contribution in [0, 0.1) is 5.92 Å². The van der Waals surface area contributed by atoms with Gasteiger partial charge in [-0.1, -0.05) is 18.2 Å². The van der Waals surface area contributed by atoms with E-state index in [1.807, 2.05) is 6.20 Å². The monoisotopic (exact) mass is 464 g/mol. The van der Waals surface area contributed by atoms with Crippen molar-refractivity contribution in [3.8, 4) is 0 Å².